The Morgan fingerprint density at radius 1 is 1.12 bits per heavy atom. The maximum Gasteiger partial charge on any atom is 0.387 e. The number of ether oxygens (including phenoxy) is 2. The fraction of sp³-hybridized carbons (Fsp3) is 0.167. The summed E-state index contributed by atoms with van der Waals surface area (Å²) in [5, 5.41) is 2.86. The summed E-state index contributed by atoms with van der Waals surface area (Å²) < 4.78 is 40.8. The first kappa shape index (κ1) is 16.8. The molecule has 1 N–H and O–H groups in total. The van der Waals surface area contributed by atoms with Gasteiger partial charge in [-0.3, -0.25) is 0 Å². The summed E-state index contributed by atoms with van der Waals surface area (Å²) in [4.78, 5) is 4.23. The van der Waals surface area contributed by atoms with E-state index < -0.39 is 6.61 Å². The van der Waals surface area contributed by atoms with Crippen LogP contribution in [0.5, 0.6) is 11.5 Å². The molecule has 0 aliphatic rings. The summed E-state index contributed by atoms with van der Waals surface area (Å²) in [6, 6.07) is 13.9. The predicted molar refractivity (Wildman–Crippen MR) is 88.9 cm³/mol. The van der Waals surface area contributed by atoms with Crippen molar-refractivity contribution < 1.29 is 22.7 Å². The number of oxazole rings is 1. The molecule has 1 aromatic heterocycles. The van der Waals surface area contributed by atoms with Crippen molar-refractivity contribution in [3.63, 3.8) is 0 Å². The number of nitrogens with one attached hydrogen (secondary N) is 1. The summed E-state index contributed by atoms with van der Waals surface area (Å²) >= 11 is 0. The highest BCUT2D eigenvalue weighted by Gasteiger charge is 2.15. The quantitative estimate of drug-likeness (QED) is 0.679. The van der Waals surface area contributed by atoms with Gasteiger partial charge in [0.1, 0.15) is 12.9 Å². The molecule has 7 heteroatoms. The normalized spacial score (nSPS) is 10.7. The number of nitrogens with zero attached hydrogens (tertiary/aromatic N) is 1. The second-order valence-electron chi connectivity index (χ2n) is 5.10. The van der Waals surface area contributed by atoms with Crippen LogP contribution >= 0.6 is 0 Å². The first-order chi connectivity index (χ1) is 12.2. The predicted octanol–water partition coefficient (Wildman–Crippen LogP) is 4.56. The zero-order valence-corrected chi connectivity index (χ0v) is 13.4. The molecule has 2 aromatic carbocycles. The smallest absolute Gasteiger partial charge is 0.387 e. The third-order valence-corrected chi connectivity index (χ3v) is 3.40. The monoisotopic (exact) mass is 346 g/mol. The van der Waals surface area contributed by atoms with E-state index in [-0.39, 0.29) is 18.1 Å². The molecular weight excluding hydrogens is 330 g/mol. The van der Waals surface area contributed by atoms with Gasteiger partial charge in [-0.15, -0.1) is 0 Å². The topological polar surface area (TPSA) is 56.5 Å². The molecule has 0 aliphatic heterocycles. The average Bonchev–Trinajstić information content (AvgIpc) is 3.10. The molecule has 1 heterocycles. The standard InChI is InChI=1S/C18H16F2N2O3/c1-21-16-11-24-17(22-16)13-7-8-14(25-18(19)20)15(9-13)23-10-12-5-3-2-4-6-12/h2-9,11,18,21H,10H2,1H3. The third-order valence-electron chi connectivity index (χ3n) is 3.40. The Morgan fingerprint density at radius 2 is 1.92 bits per heavy atom. The van der Waals surface area contributed by atoms with E-state index in [4.69, 9.17) is 9.15 Å². The largest absolute Gasteiger partial charge is 0.485 e. The number of hydrogen-bond donors (Lipinski definition) is 1. The lowest BCUT2D eigenvalue weighted by Crippen LogP contribution is -2.05. The van der Waals surface area contributed by atoms with Crippen LogP contribution in [0.3, 0.4) is 0 Å². The fourth-order valence-corrected chi connectivity index (χ4v) is 2.20. The minimum atomic E-state index is -2.94. The fourth-order valence-electron chi connectivity index (χ4n) is 2.20. The molecule has 0 aliphatic carbocycles. The lowest BCUT2D eigenvalue weighted by atomic mass is 10.2. The van der Waals surface area contributed by atoms with E-state index in [1.807, 2.05) is 30.3 Å². The van der Waals surface area contributed by atoms with Crippen molar-refractivity contribution in [2.75, 3.05) is 12.4 Å². The molecule has 0 unspecified atom stereocenters. The summed E-state index contributed by atoms with van der Waals surface area (Å²) in [5.41, 5.74) is 1.50. The van der Waals surface area contributed by atoms with Crippen molar-refractivity contribution in [1.29, 1.82) is 0 Å². The molecule has 130 valence electrons. The third kappa shape index (κ3) is 4.26. The lowest BCUT2D eigenvalue weighted by Gasteiger charge is -2.13. The Morgan fingerprint density at radius 3 is 2.60 bits per heavy atom. The highest BCUT2D eigenvalue weighted by molar-refractivity contribution is 5.61. The Bertz CT molecular complexity index is 822. The van der Waals surface area contributed by atoms with Crippen molar-refractivity contribution in [3.8, 4) is 23.0 Å². The highest BCUT2D eigenvalue weighted by atomic mass is 19.3. The maximum atomic E-state index is 12.6. The molecule has 0 bridgehead atoms. The lowest BCUT2D eigenvalue weighted by molar-refractivity contribution is -0.0515. The minimum Gasteiger partial charge on any atom is -0.485 e. The van der Waals surface area contributed by atoms with Gasteiger partial charge in [0.05, 0.1) is 0 Å². The van der Waals surface area contributed by atoms with Crippen LogP contribution in [0.4, 0.5) is 14.6 Å². The van der Waals surface area contributed by atoms with Crippen molar-refractivity contribution in [2.24, 2.45) is 0 Å². The molecule has 0 spiro atoms. The molecule has 0 fully saturated rings. The van der Waals surface area contributed by atoms with Crippen molar-refractivity contribution in [1.82, 2.24) is 4.98 Å². The first-order valence-corrected chi connectivity index (χ1v) is 7.55. The van der Waals surface area contributed by atoms with E-state index in [0.717, 1.165) is 5.56 Å². The number of hydrogen-bond acceptors (Lipinski definition) is 5. The maximum absolute atomic E-state index is 12.6. The van der Waals surface area contributed by atoms with E-state index in [9.17, 15) is 8.78 Å². The van der Waals surface area contributed by atoms with Crippen LogP contribution in [0, 0.1) is 0 Å². The highest BCUT2D eigenvalue weighted by Crippen LogP contribution is 2.34. The van der Waals surface area contributed by atoms with Gasteiger partial charge in [-0.2, -0.15) is 13.8 Å². The first-order valence-electron chi connectivity index (χ1n) is 7.55. The molecule has 0 saturated carbocycles. The van der Waals surface area contributed by atoms with Crippen LogP contribution in [0.1, 0.15) is 5.56 Å². The van der Waals surface area contributed by atoms with E-state index in [1.165, 1.54) is 12.3 Å². The van der Waals surface area contributed by atoms with Gasteiger partial charge in [-0.05, 0) is 23.8 Å². The van der Waals surface area contributed by atoms with Gasteiger partial charge in [0.2, 0.25) is 5.89 Å². The summed E-state index contributed by atoms with van der Waals surface area (Å²) in [7, 11) is 1.72. The number of rotatable bonds is 7. The molecular formula is C18H16F2N2O3. The summed E-state index contributed by atoms with van der Waals surface area (Å²) in [5.74, 6) is 1.05. The second-order valence-corrected chi connectivity index (χ2v) is 5.10. The van der Waals surface area contributed by atoms with Gasteiger partial charge in [0.15, 0.2) is 17.3 Å². The average molecular weight is 346 g/mol. The molecule has 25 heavy (non-hydrogen) atoms. The van der Waals surface area contributed by atoms with Gasteiger partial charge in [-0.1, -0.05) is 30.3 Å². The zero-order valence-electron chi connectivity index (χ0n) is 13.4. The molecule has 0 atom stereocenters. The number of halogens is 2. The van der Waals surface area contributed by atoms with Crippen LogP contribution in [-0.4, -0.2) is 18.6 Å². The number of benzene rings is 2. The number of anilines is 1. The van der Waals surface area contributed by atoms with Crippen molar-refractivity contribution in [3.05, 3.63) is 60.4 Å². The van der Waals surface area contributed by atoms with Crippen LogP contribution in [0.25, 0.3) is 11.5 Å². The van der Waals surface area contributed by atoms with Crippen LogP contribution in [0.15, 0.2) is 59.2 Å². The summed E-state index contributed by atoms with van der Waals surface area (Å²) in [6.45, 7) is -2.72. The molecule has 5 nitrogen and oxygen atoms in total. The SMILES string of the molecule is CNc1coc(-c2ccc(OC(F)F)c(OCc3ccccc3)c2)n1. The second kappa shape index (κ2) is 7.65. The summed E-state index contributed by atoms with van der Waals surface area (Å²) in [6.07, 6.45) is 1.46. The number of alkyl halides is 2. The molecule has 3 rings (SSSR count). The van der Waals surface area contributed by atoms with E-state index in [0.29, 0.717) is 17.3 Å². The van der Waals surface area contributed by atoms with Crippen LogP contribution in [-0.2, 0) is 6.61 Å². The Hall–Kier alpha value is -3.09. The molecule has 0 saturated heterocycles. The minimum absolute atomic E-state index is 0.0462. The molecule has 0 amide bonds. The van der Waals surface area contributed by atoms with Gasteiger partial charge in [0, 0.05) is 12.6 Å². The Labute approximate surface area is 143 Å². The number of aromatic nitrogens is 1. The Kier molecular flexibility index (Phi) is 5.13. The van der Waals surface area contributed by atoms with Gasteiger partial charge >= 0.3 is 6.61 Å². The van der Waals surface area contributed by atoms with E-state index in [2.05, 4.69) is 15.0 Å². The van der Waals surface area contributed by atoms with Gasteiger partial charge < -0.3 is 19.2 Å². The van der Waals surface area contributed by atoms with Crippen LogP contribution < -0.4 is 14.8 Å². The Balaban J connectivity index is 1.87. The molecule has 3 aromatic rings. The zero-order chi connectivity index (χ0) is 17.6. The van der Waals surface area contributed by atoms with Crippen LogP contribution in [0.2, 0.25) is 0 Å². The van der Waals surface area contributed by atoms with E-state index >= 15 is 0 Å². The van der Waals surface area contributed by atoms with Gasteiger partial charge in [0.25, 0.3) is 0 Å². The van der Waals surface area contributed by atoms with Crippen molar-refractivity contribution >= 4 is 5.82 Å². The van der Waals surface area contributed by atoms with Gasteiger partial charge in [-0.25, -0.2) is 0 Å². The molecule has 0 radical (unpaired) electrons. The van der Waals surface area contributed by atoms with Crippen molar-refractivity contribution in [2.45, 2.75) is 13.2 Å². The van der Waals surface area contributed by atoms with E-state index in [1.54, 1.807) is 19.2 Å².